The third-order valence-electron chi connectivity index (χ3n) is 3.12. The molecule has 1 atom stereocenters. The molecule has 2 rings (SSSR count). The zero-order chi connectivity index (χ0) is 16.1. The van der Waals surface area contributed by atoms with Crippen molar-refractivity contribution in [2.45, 2.75) is 26.8 Å². The minimum atomic E-state index is -0.614. The van der Waals surface area contributed by atoms with Crippen molar-refractivity contribution in [3.63, 3.8) is 0 Å². The van der Waals surface area contributed by atoms with Gasteiger partial charge in [0.2, 0.25) is 5.91 Å². The topological polar surface area (TPSA) is 71.1 Å². The highest BCUT2D eigenvalue weighted by Gasteiger charge is 2.25. The Kier molecular flexibility index (Phi) is 5.27. The quantitative estimate of drug-likeness (QED) is 0.891. The lowest BCUT2D eigenvalue weighted by Gasteiger charge is -2.21. The zero-order valence-corrected chi connectivity index (χ0v) is 13.6. The Balaban J connectivity index is 2.06. The first-order valence-electron chi connectivity index (χ1n) is 7.06. The summed E-state index contributed by atoms with van der Waals surface area (Å²) in [4.78, 5) is 28.8. The van der Waals surface area contributed by atoms with E-state index in [1.807, 2.05) is 32.2 Å². The van der Waals surface area contributed by atoms with Crippen molar-refractivity contribution in [2.75, 3.05) is 5.32 Å². The highest BCUT2D eigenvalue weighted by atomic mass is 32.1. The van der Waals surface area contributed by atoms with Gasteiger partial charge in [-0.2, -0.15) is 0 Å². The molecular weight excluding hydrogens is 298 g/mol. The van der Waals surface area contributed by atoms with Gasteiger partial charge in [-0.3, -0.25) is 9.59 Å². The molecule has 0 fully saturated rings. The molecule has 1 aromatic carbocycles. The fourth-order valence-corrected chi connectivity index (χ4v) is 2.63. The molecule has 0 saturated carbocycles. The molecule has 0 spiro atoms. The maximum absolute atomic E-state index is 12.4. The van der Waals surface area contributed by atoms with Gasteiger partial charge in [0.25, 0.3) is 5.91 Å². The molecule has 2 N–H and O–H groups in total. The summed E-state index contributed by atoms with van der Waals surface area (Å²) in [6.45, 7) is 5.65. The number of aromatic nitrogens is 1. The number of anilines is 1. The molecule has 1 aromatic heterocycles. The molecule has 1 heterocycles. The largest absolute Gasteiger partial charge is 0.340 e. The summed E-state index contributed by atoms with van der Waals surface area (Å²) in [5.74, 6) is -0.549. The van der Waals surface area contributed by atoms with Gasteiger partial charge < -0.3 is 10.6 Å². The minimum absolute atomic E-state index is 0.0336. The van der Waals surface area contributed by atoms with E-state index in [-0.39, 0.29) is 17.7 Å². The number of nitrogens with one attached hydrogen (secondary N) is 2. The highest BCUT2D eigenvalue weighted by Crippen LogP contribution is 2.16. The Morgan fingerprint density at radius 3 is 2.41 bits per heavy atom. The molecular formula is C16H19N3O2S. The van der Waals surface area contributed by atoms with Crippen LogP contribution in [-0.4, -0.2) is 22.8 Å². The first-order chi connectivity index (χ1) is 10.5. The minimum Gasteiger partial charge on any atom is -0.340 e. The third-order valence-corrected chi connectivity index (χ3v) is 4.00. The summed E-state index contributed by atoms with van der Waals surface area (Å²) in [6, 6.07) is 8.24. The summed E-state index contributed by atoms with van der Waals surface area (Å²) in [6.07, 6.45) is 0. The van der Waals surface area contributed by atoms with Gasteiger partial charge in [0.15, 0.2) is 5.13 Å². The molecule has 2 amide bonds. The molecule has 0 radical (unpaired) electrons. The maximum atomic E-state index is 12.4. The lowest BCUT2D eigenvalue weighted by atomic mass is 10.0. The van der Waals surface area contributed by atoms with Crippen LogP contribution in [0.5, 0.6) is 0 Å². The molecule has 2 aromatic rings. The SMILES string of the molecule is Cc1csc(NC(=O)[C@H](NC(=O)c2ccccc2)C(C)C)n1. The van der Waals surface area contributed by atoms with Crippen LogP contribution in [0, 0.1) is 12.8 Å². The Bertz CT molecular complexity index is 652. The van der Waals surface area contributed by atoms with Crippen LogP contribution >= 0.6 is 11.3 Å². The van der Waals surface area contributed by atoms with Crippen LogP contribution in [0.2, 0.25) is 0 Å². The number of thiazole rings is 1. The van der Waals surface area contributed by atoms with E-state index in [4.69, 9.17) is 0 Å². The number of benzene rings is 1. The van der Waals surface area contributed by atoms with Gasteiger partial charge in [-0.15, -0.1) is 11.3 Å². The van der Waals surface area contributed by atoms with E-state index in [0.29, 0.717) is 10.7 Å². The molecule has 0 aliphatic rings. The van der Waals surface area contributed by atoms with E-state index in [9.17, 15) is 9.59 Å². The lowest BCUT2D eigenvalue weighted by molar-refractivity contribution is -0.118. The smallest absolute Gasteiger partial charge is 0.251 e. The molecule has 0 aliphatic carbocycles. The van der Waals surface area contributed by atoms with Gasteiger partial charge in [-0.25, -0.2) is 4.98 Å². The van der Waals surface area contributed by atoms with Gasteiger partial charge in [-0.1, -0.05) is 32.0 Å². The number of amides is 2. The Morgan fingerprint density at radius 2 is 1.86 bits per heavy atom. The van der Waals surface area contributed by atoms with E-state index >= 15 is 0 Å². The van der Waals surface area contributed by atoms with Crippen LogP contribution in [0.1, 0.15) is 29.9 Å². The second kappa shape index (κ2) is 7.17. The summed E-state index contributed by atoms with van der Waals surface area (Å²) in [5.41, 5.74) is 1.39. The Morgan fingerprint density at radius 1 is 1.18 bits per heavy atom. The second-order valence-corrected chi connectivity index (χ2v) is 6.20. The molecule has 22 heavy (non-hydrogen) atoms. The predicted molar refractivity (Wildman–Crippen MR) is 88.0 cm³/mol. The number of rotatable bonds is 5. The molecule has 116 valence electrons. The Hall–Kier alpha value is -2.21. The van der Waals surface area contributed by atoms with Crippen molar-refractivity contribution in [1.29, 1.82) is 0 Å². The van der Waals surface area contributed by atoms with Crippen LogP contribution in [-0.2, 0) is 4.79 Å². The molecule has 0 aliphatic heterocycles. The summed E-state index contributed by atoms with van der Waals surface area (Å²) >= 11 is 1.37. The fourth-order valence-electron chi connectivity index (χ4n) is 1.94. The van der Waals surface area contributed by atoms with Crippen LogP contribution in [0.3, 0.4) is 0 Å². The van der Waals surface area contributed by atoms with Gasteiger partial charge >= 0.3 is 0 Å². The van der Waals surface area contributed by atoms with Crippen LogP contribution < -0.4 is 10.6 Å². The summed E-state index contributed by atoms with van der Waals surface area (Å²) in [7, 11) is 0. The zero-order valence-electron chi connectivity index (χ0n) is 12.8. The first kappa shape index (κ1) is 16.2. The number of carbonyl (C=O) groups is 2. The van der Waals surface area contributed by atoms with E-state index < -0.39 is 6.04 Å². The van der Waals surface area contributed by atoms with Gasteiger partial charge in [0.05, 0.1) is 5.69 Å². The van der Waals surface area contributed by atoms with E-state index in [2.05, 4.69) is 15.6 Å². The lowest BCUT2D eigenvalue weighted by Crippen LogP contribution is -2.47. The number of nitrogens with zero attached hydrogens (tertiary/aromatic N) is 1. The van der Waals surface area contributed by atoms with Crippen molar-refractivity contribution < 1.29 is 9.59 Å². The maximum Gasteiger partial charge on any atom is 0.251 e. The van der Waals surface area contributed by atoms with Crippen LogP contribution in [0.25, 0.3) is 0 Å². The van der Waals surface area contributed by atoms with Crippen molar-refractivity contribution in [1.82, 2.24) is 10.3 Å². The molecule has 0 bridgehead atoms. The molecule has 5 nitrogen and oxygen atoms in total. The molecule has 0 saturated heterocycles. The monoisotopic (exact) mass is 317 g/mol. The Labute approximate surface area is 133 Å². The average Bonchev–Trinajstić information content (AvgIpc) is 2.90. The van der Waals surface area contributed by atoms with Crippen molar-refractivity contribution >= 4 is 28.3 Å². The summed E-state index contributed by atoms with van der Waals surface area (Å²) < 4.78 is 0. The highest BCUT2D eigenvalue weighted by molar-refractivity contribution is 7.13. The van der Waals surface area contributed by atoms with E-state index in [1.165, 1.54) is 11.3 Å². The van der Waals surface area contributed by atoms with Crippen LogP contribution in [0.15, 0.2) is 35.7 Å². The standard InChI is InChI=1S/C16H19N3O2S/c1-10(2)13(15(21)19-16-17-11(3)9-22-16)18-14(20)12-7-5-4-6-8-12/h4-10,13H,1-3H3,(H,18,20)(H,17,19,21)/t13-/m1/s1. The van der Waals surface area contributed by atoms with Gasteiger partial charge in [0.1, 0.15) is 6.04 Å². The number of aryl methyl sites for hydroxylation is 1. The van der Waals surface area contributed by atoms with Crippen LogP contribution in [0.4, 0.5) is 5.13 Å². The number of hydrogen-bond acceptors (Lipinski definition) is 4. The van der Waals surface area contributed by atoms with Crippen molar-refractivity contribution in [3.05, 3.63) is 47.0 Å². The first-order valence-corrected chi connectivity index (χ1v) is 7.94. The number of carbonyl (C=O) groups excluding carboxylic acids is 2. The second-order valence-electron chi connectivity index (χ2n) is 5.34. The normalized spacial score (nSPS) is 12.0. The molecule has 6 heteroatoms. The predicted octanol–water partition coefficient (Wildman–Crippen LogP) is 2.84. The average molecular weight is 317 g/mol. The van der Waals surface area contributed by atoms with Gasteiger partial charge in [-0.05, 0) is 25.0 Å². The van der Waals surface area contributed by atoms with Crippen molar-refractivity contribution in [2.24, 2.45) is 5.92 Å². The third kappa shape index (κ3) is 4.14. The molecule has 0 unspecified atom stereocenters. The van der Waals surface area contributed by atoms with Gasteiger partial charge in [0, 0.05) is 10.9 Å². The fraction of sp³-hybridized carbons (Fsp3) is 0.312. The number of hydrogen-bond donors (Lipinski definition) is 2. The van der Waals surface area contributed by atoms with Crippen molar-refractivity contribution in [3.8, 4) is 0 Å². The summed E-state index contributed by atoms with van der Waals surface area (Å²) in [5, 5.41) is 7.95. The van der Waals surface area contributed by atoms with E-state index in [0.717, 1.165) is 5.69 Å². The van der Waals surface area contributed by atoms with E-state index in [1.54, 1.807) is 24.3 Å².